The smallest absolute Gasteiger partial charge is 0.151 e. The number of nitrogens with zero attached hydrogens (tertiary/aromatic N) is 2. The van der Waals surface area contributed by atoms with E-state index in [0.29, 0.717) is 19.4 Å². The minimum absolute atomic E-state index is 0.194. The second-order valence-electron chi connectivity index (χ2n) is 6.34. The molecule has 0 amide bonds. The summed E-state index contributed by atoms with van der Waals surface area (Å²) in [6, 6.07) is 2.80. The van der Waals surface area contributed by atoms with Crippen LogP contribution in [0.25, 0.3) is 0 Å². The van der Waals surface area contributed by atoms with Gasteiger partial charge in [0.2, 0.25) is 0 Å². The third kappa shape index (κ3) is 5.39. The van der Waals surface area contributed by atoms with E-state index in [9.17, 15) is 13.7 Å². The van der Waals surface area contributed by atoms with Gasteiger partial charge in [0, 0.05) is 18.6 Å². The van der Waals surface area contributed by atoms with E-state index in [1.54, 1.807) is 0 Å². The van der Waals surface area contributed by atoms with E-state index < -0.39 is 15.4 Å². The summed E-state index contributed by atoms with van der Waals surface area (Å²) in [4.78, 5) is 2.20. The summed E-state index contributed by atoms with van der Waals surface area (Å²) < 4.78 is 23.3. The van der Waals surface area contributed by atoms with Crippen LogP contribution in [0.5, 0.6) is 0 Å². The highest BCUT2D eigenvalue weighted by atomic mass is 32.2. The molecule has 0 saturated carbocycles. The van der Waals surface area contributed by atoms with Gasteiger partial charge in [-0.2, -0.15) is 5.26 Å². The van der Waals surface area contributed by atoms with Crippen molar-refractivity contribution in [3.8, 4) is 6.07 Å². The van der Waals surface area contributed by atoms with E-state index in [-0.39, 0.29) is 23.6 Å². The van der Waals surface area contributed by atoms with E-state index in [0.717, 1.165) is 6.54 Å². The molecule has 1 N–H and O–H groups in total. The molecule has 0 aliphatic carbocycles. The van der Waals surface area contributed by atoms with Gasteiger partial charge < -0.3 is 0 Å². The maximum absolute atomic E-state index is 11.6. The fourth-order valence-corrected chi connectivity index (χ4v) is 4.18. The van der Waals surface area contributed by atoms with Gasteiger partial charge >= 0.3 is 0 Å². The molecule has 0 radical (unpaired) electrons. The van der Waals surface area contributed by atoms with Crippen molar-refractivity contribution in [2.45, 2.75) is 58.2 Å². The molecule has 0 bridgehead atoms. The molecule has 1 aliphatic rings. The molecule has 20 heavy (non-hydrogen) atoms. The molecule has 0 aromatic rings. The summed E-state index contributed by atoms with van der Waals surface area (Å²) in [7, 11) is -2.88. The third-order valence-corrected chi connectivity index (χ3v) is 5.49. The molecule has 0 spiro atoms. The summed E-state index contributed by atoms with van der Waals surface area (Å²) in [5.74, 6) is 0.522. The summed E-state index contributed by atoms with van der Waals surface area (Å²) in [5.41, 5.74) is -0.571. The van der Waals surface area contributed by atoms with Crippen LogP contribution in [0.3, 0.4) is 0 Å². The fourth-order valence-electron chi connectivity index (χ4n) is 2.89. The Bertz CT molecular complexity index is 456. The lowest BCUT2D eigenvalue weighted by atomic mass is 9.93. The van der Waals surface area contributed by atoms with Gasteiger partial charge in [-0.1, -0.05) is 0 Å². The van der Waals surface area contributed by atoms with Crippen LogP contribution in [0.4, 0.5) is 0 Å². The van der Waals surface area contributed by atoms with Crippen LogP contribution in [-0.4, -0.2) is 55.5 Å². The van der Waals surface area contributed by atoms with Crippen LogP contribution in [0.1, 0.15) is 40.5 Å². The van der Waals surface area contributed by atoms with Crippen LogP contribution in [0.15, 0.2) is 0 Å². The highest BCUT2D eigenvalue weighted by Gasteiger charge is 2.30. The van der Waals surface area contributed by atoms with Gasteiger partial charge in [-0.25, -0.2) is 8.42 Å². The van der Waals surface area contributed by atoms with Crippen LogP contribution in [-0.2, 0) is 9.84 Å². The zero-order valence-electron chi connectivity index (χ0n) is 13.0. The average molecular weight is 301 g/mol. The molecule has 1 fully saturated rings. The molecule has 0 aromatic heterocycles. The average Bonchev–Trinajstić information content (AvgIpc) is 2.49. The van der Waals surface area contributed by atoms with Gasteiger partial charge in [-0.15, -0.1) is 0 Å². The molecule has 1 aliphatic heterocycles. The summed E-state index contributed by atoms with van der Waals surface area (Å²) >= 11 is 0. The second kappa shape index (κ2) is 6.88. The van der Waals surface area contributed by atoms with Crippen molar-refractivity contribution >= 4 is 9.84 Å². The Morgan fingerprint density at radius 3 is 2.50 bits per heavy atom. The first-order valence-corrected chi connectivity index (χ1v) is 9.13. The molecular weight excluding hydrogens is 274 g/mol. The Morgan fingerprint density at radius 2 is 1.95 bits per heavy atom. The molecule has 2 unspecified atom stereocenters. The van der Waals surface area contributed by atoms with Gasteiger partial charge in [0.25, 0.3) is 0 Å². The van der Waals surface area contributed by atoms with E-state index in [1.807, 2.05) is 20.8 Å². The quantitative estimate of drug-likeness (QED) is 0.825. The highest BCUT2D eigenvalue weighted by Crippen LogP contribution is 2.18. The number of hydrogen-bond donors (Lipinski definition) is 1. The van der Waals surface area contributed by atoms with E-state index in [4.69, 9.17) is 0 Å². The lowest BCUT2D eigenvalue weighted by molar-refractivity contribution is 0.185. The SMILES string of the molecule is CC(C)NC(C)(C#N)CC(C)N1CCCS(=O)(=O)CC1. The second-order valence-corrected chi connectivity index (χ2v) is 8.64. The van der Waals surface area contributed by atoms with E-state index >= 15 is 0 Å². The predicted molar refractivity (Wildman–Crippen MR) is 81.2 cm³/mol. The highest BCUT2D eigenvalue weighted by molar-refractivity contribution is 7.91. The lowest BCUT2D eigenvalue weighted by Crippen LogP contribution is -2.50. The summed E-state index contributed by atoms with van der Waals surface area (Å²) in [6.45, 7) is 9.42. The predicted octanol–water partition coefficient (Wildman–Crippen LogP) is 1.17. The Labute approximate surface area is 123 Å². The Morgan fingerprint density at radius 1 is 1.30 bits per heavy atom. The fraction of sp³-hybridized carbons (Fsp3) is 0.929. The van der Waals surface area contributed by atoms with Gasteiger partial charge in [0.1, 0.15) is 5.54 Å². The molecule has 0 aromatic carbocycles. The third-order valence-electron chi connectivity index (χ3n) is 3.77. The zero-order valence-corrected chi connectivity index (χ0v) is 13.8. The van der Waals surface area contributed by atoms with E-state index in [2.05, 4.69) is 23.2 Å². The van der Waals surface area contributed by atoms with Crippen molar-refractivity contribution in [2.75, 3.05) is 24.6 Å². The normalized spacial score (nSPS) is 24.6. The molecule has 5 nitrogen and oxygen atoms in total. The number of sulfone groups is 1. The lowest BCUT2D eigenvalue weighted by Gasteiger charge is -2.34. The number of hydrogen-bond acceptors (Lipinski definition) is 5. The first kappa shape index (κ1) is 17.4. The van der Waals surface area contributed by atoms with Gasteiger partial charge in [0.15, 0.2) is 9.84 Å². The summed E-state index contributed by atoms with van der Waals surface area (Å²) in [6.07, 6.45) is 1.38. The Hall–Kier alpha value is -0.640. The molecule has 6 heteroatoms. The largest absolute Gasteiger partial charge is 0.300 e. The maximum atomic E-state index is 11.6. The standard InChI is InChI=1S/C14H27N3O2S/c1-12(2)16-14(4,11-15)10-13(3)17-6-5-8-20(18,19)9-7-17/h12-13,16H,5-10H2,1-4H3. The first-order valence-electron chi connectivity index (χ1n) is 7.31. The molecule has 2 atom stereocenters. The van der Waals surface area contributed by atoms with E-state index in [1.165, 1.54) is 0 Å². The molecule has 116 valence electrons. The Balaban J connectivity index is 2.65. The molecular formula is C14H27N3O2S. The molecule has 1 rings (SSSR count). The number of nitriles is 1. The Kier molecular flexibility index (Phi) is 5.99. The minimum Gasteiger partial charge on any atom is -0.300 e. The zero-order chi connectivity index (χ0) is 15.4. The van der Waals surface area contributed by atoms with Crippen LogP contribution < -0.4 is 5.32 Å². The number of rotatable bonds is 5. The summed E-state index contributed by atoms with van der Waals surface area (Å²) in [5, 5.41) is 12.7. The van der Waals surface area contributed by atoms with Crippen molar-refractivity contribution in [1.82, 2.24) is 10.2 Å². The van der Waals surface area contributed by atoms with Gasteiger partial charge in [-0.3, -0.25) is 10.2 Å². The molecule has 1 saturated heterocycles. The topological polar surface area (TPSA) is 73.2 Å². The van der Waals surface area contributed by atoms with Crippen molar-refractivity contribution in [2.24, 2.45) is 0 Å². The first-order chi connectivity index (χ1) is 9.17. The van der Waals surface area contributed by atoms with Crippen LogP contribution in [0, 0.1) is 11.3 Å². The van der Waals surface area contributed by atoms with Crippen LogP contribution in [0.2, 0.25) is 0 Å². The monoisotopic (exact) mass is 301 g/mol. The van der Waals surface area contributed by atoms with Crippen molar-refractivity contribution in [1.29, 1.82) is 5.26 Å². The number of nitrogens with one attached hydrogen (secondary N) is 1. The maximum Gasteiger partial charge on any atom is 0.151 e. The van der Waals surface area contributed by atoms with Crippen LogP contribution >= 0.6 is 0 Å². The van der Waals surface area contributed by atoms with Crippen molar-refractivity contribution in [3.05, 3.63) is 0 Å². The molecule has 1 heterocycles. The minimum atomic E-state index is -2.88. The van der Waals surface area contributed by atoms with Gasteiger partial charge in [-0.05, 0) is 47.1 Å². The van der Waals surface area contributed by atoms with Crippen molar-refractivity contribution < 1.29 is 8.42 Å². The van der Waals surface area contributed by atoms with Crippen molar-refractivity contribution in [3.63, 3.8) is 0 Å². The van der Waals surface area contributed by atoms with Gasteiger partial charge in [0.05, 0.1) is 17.6 Å².